The summed E-state index contributed by atoms with van der Waals surface area (Å²) in [4.78, 5) is 16.3. The van der Waals surface area contributed by atoms with Gasteiger partial charge in [0.2, 0.25) is 0 Å². The van der Waals surface area contributed by atoms with Crippen molar-refractivity contribution in [1.29, 1.82) is 0 Å². The Labute approximate surface area is 148 Å². The minimum Gasteiger partial charge on any atom is -0.506 e. The number of aromatic nitrogens is 1. The molecule has 0 aliphatic heterocycles. The Balaban J connectivity index is 1.63. The second-order valence-corrected chi connectivity index (χ2v) is 6.61. The largest absolute Gasteiger partial charge is 0.506 e. The van der Waals surface area contributed by atoms with Gasteiger partial charge in [0, 0.05) is 36.2 Å². The molecule has 3 aromatic rings. The Bertz CT molecular complexity index is 996. The van der Waals surface area contributed by atoms with Gasteiger partial charge in [-0.15, -0.1) is 0 Å². The van der Waals surface area contributed by atoms with E-state index in [0.29, 0.717) is 5.56 Å². The first-order valence-electron chi connectivity index (χ1n) is 8.27. The van der Waals surface area contributed by atoms with E-state index in [2.05, 4.69) is 10.3 Å². The van der Waals surface area contributed by atoms with Crippen molar-refractivity contribution in [2.75, 3.05) is 0 Å². The number of aromatic hydroxyl groups is 1. The number of halogens is 2. The average Bonchev–Trinajstić information content (AvgIpc) is 2.59. The van der Waals surface area contributed by atoms with Crippen LogP contribution in [-0.2, 0) is 0 Å². The summed E-state index contributed by atoms with van der Waals surface area (Å²) in [6.07, 6.45) is 2.41. The van der Waals surface area contributed by atoms with Gasteiger partial charge in [-0.25, -0.2) is 8.78 Å². The van der Waals surface area contributed by atoms with E-state index in [0.717, 1.165) is 21.9 Å². The zero-order chi connectivity index (χ0) is 18.3. The van der Waals surface area contributed by atoms with Crippen molar-refractivity contribution < 1.29 is 18.7 Å². The maximum Gasteiger partial charge on any atom is 0.252 e. The van der Waals surface area contributed by atoms with E-state index < -0.39 is 12.0 Å². The van der Waals surface area contributed by atoms with Gasteiger partial charge in [-0.05, 0) is 34.5 Å². The summed E-state index contributed by atoms with van der Waals surface area (Å²) in [5.41, 5.74) is 2.08. The van der Waals surface area contributed by atoms with Crippen LogP contribution in [0.15, 0.2) is 54.9 Å². The first-order chi connectivity index (χ1) is 12.4. The molecule has 0 bridgehead atoms. The second-order valence-electron chi connectivity index (χ2n) is 6.61. The fourth-order valence-electron chi connectivity index (χ4n) is 3.28. The third-order valence-electron chi connectivity index (χ3n) is 4.60. The Morgan fingerprint density at radius 3 is 2.69 bits per heavy atom. The van der Waals surface area contributed by atoms with Gasteiger partial charge in [0.25, 0.3) is 11.8 Å². The molecule has 0 unspecified atom stereocenters. The number of hydrogen-bond acceptors (Lipinski definition) is 3. The highest BCUT2D eigenvalue weighted by Crippen LogP contribution is 2.37. The average molecular weight is 354 g/mol. The predicted octanol–water partition coefficient (Wildman–Crippen LogP) is 4.13. The van der Waals surface area contributed by atoms with Gasteiger partial charge >= 0.3 is 0 Å². The van der Waals surface area contributed by atoms with E-state index in [1.807, 2.05) is 24.3 Å². The lowest BCUT2D eigenvalue weighted by Gasteiger charge is -2.35. The molecule has 2 aromatic carbocycles. The lowest BCUT2D eigenvalue weighted by atomic mass is 9.88. The number of carbonyl (C=O) groups excluding carboxylic acids is 1. The SMILES string of the molecule is O=C(NC1CC(F)(F)C1)c1ccc2c(-c3cncc(O)c3)cccc2c1. The highest BCUT2D eigenvalue weighted by molar-refractivity contribution is 6.02. The van der Waals surface area contributed by atoms with Crippen LogP contribution in [0.25, 0.3) is 21.9 Å². The summed E-state index contributed by atoms with van der Waals surface area (Å²) >= 11 is 0. The van der Waals surface area contributed by atoms with Gasteiger partial charge in [0.15, 0.2) is 0 Å². The molecule has 1 amide bonds. The van der Waals surface area contributed by atoms with Gasteiger partial charge in [-0.2, -0.15) is 0 Å². The molecule has 4 nitrogen and oxygen atoms in total. The van der Waals surface area contributed by atoms with E-state index in [-0.39, 0.29) is 24.5 Å². The van der Waals surface area contributed by atoms with Crippen molar-refractivity contribution >= 4 is 16.7 Å². The van der Waals surface area contributed by atoms with E-state index in [1.54, 1.807) is 24.4 Å². The lowest BCUT2D eigenvalue weighted by molar-refractivity contribution is -0.0901. The van der Waals surface area contributed by atoms with Crippen molar-refractivity contribution in [3.8, 4) is 16.9 Å². The number of carbonyl (C=O) groups is 1. The summed E-state index contributed by atoms with van der Waals surface area (Å²) in [5.74, 6) is -2.93. The maximum absolute atomic E-state index is 12.9. The van der Waals surface area contributed by atoms with Crippen molar-refractivity contribution in [3.05, 3.63) is 60.4 Å². The van der Waals surface area contributed by atoms with Crippen LogP contribution in [0.4, 0.5) is 8.78 Å². The molecule has 0 saturated heterocycles. The van der Waals surface area contributed by atoms with Gasteiger partial charge in [0.1, 0.15) is 5.75 Å². The molecular weight excluding hydrogens is 338 g/mol. The van der Waals surface area contributed by atoms with Crippen LogP contribution in [0.3, 0.4) is 0 Å². The molecule has 4 rings (SSSR count). The fourth-order valence-corrected chi connectivity index (χ4v) is 3.28. The molecule has 0 radical (unpaired) electrons. The molecule has 0 spiro atoms. The first-order valence-corrected chi connectivity index (χ1v) is 8.27. The number of nitrogens with one attached hydrogen (secondary N) is 1. The summed E-state index contributed by atoms with van der Waals surface area (Å²) in [5, 5.41) is 14.0. The summed E-state index contributed by atoms with van der Waals surface area (Å²) in [7, 11) is 0. The normalized spacial score (nSPS) is 16.2. The Morgan fingerprint density at radius 1 is 1.15 bits per heavy atom. The van der Waals surface area contributed by atoms with Crippen molar-refractivity contribution in [3.63, 3.8) is 0 Å². The molecule has 1 heterocycles. The molecule has 1 aromatic heterocycles. The van der Waals surface area contributed by atoms with Crippen molar-refractivity contribution in [2.45, 2.75) is 24.8 Å². The van der Waals surface area contributed by atoms with Crippen LogP contribution >= 0.6 is 0 Å². The summed E-state index contributed by atoms with van der Waals surface area (Å²) < 4.78 is 25.8. The van der Waals surface area contributed by atoms with Crippen molar-refractivity contribution in [1.82, 2.24) is 10.3 Å². The third kappa shape index (κ3) is 3.10. The highest BCUT2D eigenvalue weighted by Gasteiger charge is 2.45. The third-order valence-corrected chi connectivity index (χ3v) is 4.60. The van der Waals surface area contributed by atoms with Crippen molar-refractivity contribution in [2.24, 2.45) is 0 Å². The molecule has 1 aliphatic carbocycles. The number of rotatable bonds is 3. The molecule has 1 saturated carbocycles. The maximum atomic E-state index is 12.9. The zero-order valence-corrected chi connectivity index (χ0v) is 13.7. The standard InChI is InChI=1S/C20H16F2N2O2/c21-20(22)8-15(9-20)24-19(26)13-4-5-18-12(6-13)2-1-3-17(18)14-7-16(25)11-23-10-14/h1-7,10-11,15,25H,8-9H2,(H,24,26). The minimum atomic E-state index is -2.66. The summed E-state index contributed by atoms with van der Waals surface area (Å²) in [6.45, 7) is 0. The number of benzene rings is 2. The number of alkyl halides is 2. The predicted molar refractivity (Wildman–Crippen MR) is 94.3 cm³/mol. The van der Waals surface area contributed by atoms with Crippen LogP contribution in [0.1, 0.15) is 23.2 Å². The van der Waals surface area contributed by atoms with Crippen LogP contribution in [0, 0.1) is 0 Å². The van der Waals surface area contributed by atoms with Crippen LogP contribution in [0.2, 0.25) is 0 Å². The van der Waals surface area contributed by atoms with E-state index in [1.165, 1.54) is 6.20 Å². The smallest absolute Gasteiger partial charge is 0.252 e. The van der Waals surface area contributed by atoms with E-state index in [4.69, 9.17) is 0 Å². The topological polar surface area (TPSA) is 62.2 Å². The van der Waals surface area contributed by atoms with Gasteiger partial charge in [-0.3, -0.25) is 9.78 Å². The molecular formula is C20H16F2N2O2. The fraction of sp³-hybridized carbons (Fsp3) is 0.200. The number of nitrogens with zero attached hydrogens (tertiary/aromatic N) is 1. The second kappa shape index (κ2) is 6.05. The highest BCUT2D eigenvalue weighted by atomic mass is 19.3. The quantitative estimate of drug-likeness (QED) is 0.743. The molecule has 26 heavy (non-hydrogen) atoms. The van der Waals surface area contributed by atoms with Gasteiger partial charge < -0.3 is 10.4 Å². The number of fused-ring (bicyclic) bond motifs is 1. The molecule has 1 fully saturated rings. The monoisotopic (exact) mass is 354 g/mol. The molecule has 132 valence electrons. The Hall–Kier alpha value is -3.02. The Morgan fingerprint density at radius 2 is 1.96 bits per heavy atom. The Kier molecular flexibility index (Phi) is 3.83. The molecule has 2 N–H and O–H groups in total. The van der Waals surface area contributed by atoms with Gasteiger partial charge in [0.05, 0.1) is 6.20 Å². The summed E-state index contributed by atoms with van der Waals surface area (Å²) in [6, 6.07) is 12.0. The van der Waals surface area contributed by atoms with Crippen LogP contribution in [-0.4, -0.2) is 28.0 Å². The first kappa shape index (κ1) is 16.4. The molecule has 1 aliphatic rings. The number of hydrogen-bond donors (Lipinski definition) is 2. The molecule has 0 atom stereocenters. The molecule has 6 heteroatoms. The van der Waals surface area contributed by atoms with E-state index in [9.17, 15) is 18.7 Å². The van der Waals surface area contributed by atoms with Crippen LogP contribution < -0.4 is 5.32 Å². The van der Waals surface area contributed by atoms with Crippen LogP contribution in [0.5, 0.6) is 5.75 Å². The zero-order valence-electron chi connectivity index (χ0n) is 13.7. The number of pyridine rings is 1. The minimum absolute atomic E-state index is 0.0767. The van der Waals surface area contributed by atoms with E-state index >= 15 is 0 Å². The van der Waals surface area contributed by atoms with Gasteiger partial charge in [-0.1, -0.05) is 24.3 Å². The number of amides is 1. The lowest BCUT2D eigenvalue weighted by Crippen LogP contribution is -2.50.